The fourth-order valence-electron chi connectivity index (χ4n) is 6.33. The highest BCUT2D eigenvalue weighted by atomic mass is 14.7. The minimum Gasteiger partial charge on any atom is -0.248 e. The van der Waals surface area contributed by atoms with Crippen LogP contribution < -0.4 is 0 Å². The summed E-state index contributed by atoms with van der Waals surface area (Å²) in [6, 6.07) is 71.2. The summed E-state index contributed by atoms with van der Waals surface area (Å²) in [7, 11) is 0. The van der Waals surface area contributed by atoms with Gasteiger partial charge in [0.15, 0.2) is 0 Å². The van der Waals surface area contributed by atoms with E-state index in [9.17, 15) is 0 Å². The third kappa shape index (κ3) is 6.23. The molecule has 48 heavy (non-hydrogen) atoms. The van der Waals surface area contributed by atoms with Gasteiger partial charge in [-0.25, -0.2) is 4.98 Å². The fraction of sp³-hybridized carbons (Fsp3) is 0. The standard InChI is InChI=1S/C47H33N/c1-5-14-34(15-6-1)40-22-13-23-41(28-40)36-24-26-37(27-25-36)43-29-42(35-16-7-2-8-17-35)30-44(31-43)45-32-46(38-18-9-3-10-19-38)48-47(33-45)39-20-11-4-12-21-39/h1-33H. The Hall–Kier alpha value is -6.31. The van der Waals surface area contributed by atoms with E-state index in [4.69, 9.17) is 4.98 Å². The molecule has 1 nitrogen and oxygen atoms in total. The Morgan fingerprint density at radius 2 is 0.458 bits per heavy atom. The van der Waals surface area contributed by atoms with Crippen molar-refractivity contribution in [2.45, 2.75) is 0 Å². The van der Waals surface area contributed by atoms with Crippen molar-refractivity contribution < 1.29 is 0 Å². The van der Waals surface area contributed by atoms with Crippen LogP contribution in [0.25, 0.3) is 78.1 Å². The molecule has 1 aromatic heterocycles. The second-order valence-electron chi connectivity index (χ2n) is 12.0. The van der Waals surface area contributed by atoms with Gasteiger partial charge in [-0.2, -0.15) is 0 Å². The van der Waals surface area contributed by atoms with Crippen LogP contribution in [0.4, 0.5) is 0 Å². The topological polar surface area (TPSA) is 12.9 Å². The molecule has 1 heterocycles. The number of pyridine rings is 1. The number of rotatable bonds is 7. The van der Waals surface area contributed by atoms with Crippen LogP contribution >= 0.6 is 0 Å². The van der Waals surface area contributed by atoms with E-state index in [1.165, 1.54) is 44.5 Å². The van der Waals surface area contributed by atoms with Crippen molar-refractivity contribution in [3.63, 3.8) is 0 Å². The third-order valence-corrected chi connectivity index (χ3v) is 8.86. The molecule has 0 aliphatic carbocycles. The Morgan fingerprint density at radius 1 is 0.188 bits per heavy atom. The first-order chi connectivity index (χ1) is 23.8. The molecule has 8 aromatic rings. The maximum Gasteiger partial charge on any atom is 0.0715 e. The lowest BCUT2D eigenvalue weighted by molar-refractivity contribution is 1.32. The van der Waals surface area contributed by atoms with Crippen LogP contribution in [0, 0.1) is 0 Å². The largest absolute Gasteiger partial charge is 0.248 e. The second-order valence-corrected chi connectivity index (χ2v) is 12.0. The predicted molar refractivity (Wildman–Crippen MR) is 202 cm³/mol. The van der Waals surface area contributed by atoms with Crippen molar-refractivity contribution in [3.8, 4) is 78.1 Å². The molecule has 0 N–H and O–H groups in total. The maximum absolute atomic E-state index is 5.12. The summed E-state index contributed by atoms with van der Waals surface area (Å²) in [6.07, 6.45) is 0. The van der Waals surface area contributed by atoms with Crippen LogP contribution in [0.15, 0.2) is 200 Å². The first kappa shape index (κ1) is 29.1. The Kier molecular flexibility index (Phi) is 8.01. The molecule has 8 rings (SSSR count). The molecule has 0 unspecified atom stereocenters. The van der Waals surface area contributed by atoms with E-state index in [-0.39, 0.29) is 0 Å². The van der Waals surface area contributed by atoms with Crippen molar-refractivity contribution in [1.82, 2.24) is 4.98 Å². The first-order valence-electron chi connectivity index (χ1n) is 16.4. The van der Waals surface area contributed by atoms with E-state index in [1.54, 1.807) is 0 Å². The van der Waals surface area contributed by atoms with Gasteiger partial charge in [-0.15, -0.1) is 0 Å². The van der Waals surface area contributed by atoms with Crippen molar-refractivity contribution >= 4 is 0 Å². The Balaban J connectivity index is 1.23. The monoisotopic (exact) mass is 611 g/mol. The SMILES string of the molecule is c1ccc(-c2cccc(-c3ccc(-c4cc(-c5ccccc5)cc(-c5cc(-c6ccccc6)nc(-c6ccccc6)c5)c4)cc3)c2)cc1. The summed E-state index contributed by atoms with van der Waals surface area (Å²) >= 11 is 0. The molecule has 0 saturated carbocycles. The van der Waals surface area contributed by atoms with Crippen molar-refractivity contribution in [1.29, 1.82) is 0 Å². The van der Waals surface area contributed by atoms with Crippen LogP contribution in [0.1, 0.15) is 0 Å². The molecule has 0 radical (unpaired) electrons. The zero-order valence-electron chi connectivity index (χ0n) is 26.5. The normalized spacial score (nSPS) is 10.9. The minimum atomic E-state index is 0.959. The van der Waals surface area contributed by atoms with E-state index in [1.807, 2.05) is 12.1 Å². The molecule has 0 aliphatic heterocycles. The highest BCUT2D eigenvalue weighted by Crippen LogP contribution is 2.37. The van der Waals surface area contributed by atoms with Gasteiger partial charge in [0.05, 0.1) is 11.4 Å². The zero-order chi connectivity index (χ0) is 32.1. The number of nitrogens with zero attached hydrogens (tertiary/aromatic N) is 1. The second kappa shape index (κ2) is 13.2. The molecule has 226 valence electrons. The fourth-order valence-corrected chi connectivity index (χ4v) is 6.33. The Bertz CT molecular complexity index is 2230. The van der Waals surface area contributed by atoms with Gasteiger partial charge >= 0.3 is 0 Å². The van der Waals surface area contributed by atoms with Gasteiger partial charge in [0, 0.05) is 11.1 Å². The molecule has 0 atom stereocenters. The molecule has 7 aromatic carbocycles. The quantitative estimate of drug-likeness (QED) is 0.175. The molecular formula is C47H33N. The molecular weight excluding hydrogens is 579 g/mol. The average Bonchev–Trinajstić information content (AvgIpc) is 3.19. The Morgan fingerprint density at radius 3 is 0.896 bits per heavy atom. The predicted octanol–water partition coefficient (Wildman–Crippen LogP) is 12.8. The van der Waals surface area contributed by atoms with Gasteiger partial charge in [0.1, 0.15) is 0 Å². The van der Waals surface area contributed by atoms with Crippen molar-refractivity contribution in [3.05, 3.63) is 200 Å². The van der Waals surface area contributed by atoms with E-state index < -0.39 is 0 Å². The summed E-state index contributed by atoms with van der Waals surface area (Å²) in [5.74, 6) is 0. The van der Waals surface area contributed by atoms with Gasteiger partial charge < -0.3 is 0 Å². The molecule has 1 heteroatoms. The van der Waals surface area contributed by atoms with Gasteiger partial charge in [-0.3, -0.25) is 0 Å². The molecule has 0 spiro atoms. The lowest BCUT2D eigenvalue weighted by Crippen LogP contribution is -1.92. The molecule has 0 saturated heterocycles. The lowest BCUT2D eigenvalue weighted by Gasteiger charge is -2.14. The van der Waals surface area contributed by atoms with Crippen LogP contribution in [0.2, 0.25) is 0 Å². The van der Waals surface area contributed by atoms with Crippen LogP contribution in [0.5, 0.6) is 0 Å². The number of aromatic nitrogens is 1. The van der Waals surface area contributed by atoms with E-state index in [2.05, 4.69) is 188 Å². The summed E-state index contributed by atoms with van der Waals surface area (Å²) in [6.45, 7) is 0. The van der Waals surface area contributed by atoms with Gasteiger partial charge in [0.2, 0.25) is 0 Å². The van der Waals surface area contributed by atoms with Gasteiger partial charge in [-0.1, -0.05) is 164 Å². The van der Waals surface area contributed by atoms with E-state index in [0.717, 1.165) is 33.6 Å². The maximum atomic E-state index is 5.12. The first-order valence-corrected chi connectivity index (χ1v) is 16.4. The zero-order valence-corrected chi connectivity index (χ0v) is 26.5. The smallest absolute Gasteiger partial charge is 0.0715 e. The van der Waals surface area contributed by atoms with Crippen molar-refractivity contribution in [2.75, 3.05) is 0 Å². The molecule has 0 bridgehead atoms. The summed E-state index contributed by atoms with van der Waals surface area (Å²) < 4.78 is 0. The van der Waals surface area contributed by atoms with Crippen LogP contribution in [-0.2, 0) is 0 Å². The summed E-state index contributed by atoms with van der Waals surface area (Å²) in [4.78, 5) is 5.12. The number of hydrogen-bond acceptors (Lipinski definition) is 1. The summed E-state index contributed by atoms with van der Waals surface area (Å²) in [5.41, 5.74) is 16.0. The third-order valence-electron chi connectivity index (χ3n) is 8.86. The van der Waals surface area contributed by atoms with Gasteiger partial charge in [-0.05, 0) is 92.0 Å². The van der Waals surface area contributed by atoms with E-state index >= 15 is 0 Å². The molecule has 0 aliphatic rings. The van der Waals surface area contributed by atoms with Gasteiger partial charge in [0.25, 0.3) is 0 Å². The Labute approximate surface area is 282 Å². The lowest BCUT2D eigenvalue weighted by atomic mass is 9.91. The molecule has 0 amide bonds. The minimum absolute atomic E-state index is 0.959. The van der Waals surface area contributed by atoms with E-state index in [0.29, 0.717) is 0 Å². The highest BCUT2D eigenvalue weighted by molar-refractivity contribution is 5.85. The summed E-state index contributed by atoms with van der Waals surface area (Å²) in [5, 5.41) is 0. The average molecular weight is 612 g/mol. The van der Waals surface area contributed by atoms with Crippen LogP contribution in [0.3, 0.4) is 0 Å². The highest BCUT2D eigenvalue weighted by Gasteiger charge is 2.13. The van der Waals surface area contributed by atoms with Crippen LogP contribution in [-0.4, -0.2) is 4.98 Å². The van der Waals surface area contributed by atoms with Crippen molar-refractivity contribution in [2.24, 2.45) is 0 Å². The number of benzene rings is 7. The number of hydrogen-bond donors (Lipinski definition) is 0. The molecule has 0 fully saturated rings.